The van der Waals surface area contributed by atoms with Crippen molar-refractivity contribution in [2.45, 2.75) is 17.4 Å². The zero-order valence-electron chi connectivity index (χ0n) is 10.8. The van der Waals surface area contributed by atoms with Gasteiger partial charge in [-0.2, -0.15) is 0 Å². The Kier molecular flexibility index (Phi) is 4.72. The van der Waals surface area contributed by atoms with Crippen LogP contribution in [0.5, 0.6) is 5.75 Å². The van der Waals surface area contributed by atoms with E-state index in [4.69, 9.17) is 4.74 Å². The fourth-order valence-corrected chi connectivity index (χ4v) is 1.85. The van der Waals surface area contributed by atoms with Gasteiger partial charge in [0.05, 0.1) is 17.0 Å². The molecule has 0 saturated carbocycles. The first-order valence-corrected chi connectivity index (χ1v) is 7.42. The molecule has 0 spiro atoms. The summed E-state index contributed by atoms with van der Waals surface area (Å²) in [6.45, 7) is 2.07. The van der Waals surface area contributed by atoms with Gasteiger partial charge in [-0.25, -0.2) is 8.42 Å². The van der Waals surface area contributed by atoms with Crippen molar-refractivity contribution in [3.8, 4) is 5.75 Å². The van der Waals surface area contributed by atoms with Crippen molar-refractivity contribution in [1.82, 2.24) is 5.32 Å². The number of rotatable bonds is 6. The smallest absolute Gasteiger partial charge is 0.175 e. The molecule has 1 unspecified atom stereocenters. The summed E-state index contributed by atoms with van der Waals surface area (Å²) in [5, 5.41) is 12.2. The van der Waals surface area contributed by atoms with E-state index in [9.17, 15) is 13.5 Å². The number of aliphatic hydroxyl groups is 1. The van der Waals surface area contributed by atoms with Gasteiger partial charge in [0, 0.05) is 6.26 Å². The van der Waals surface area contributed by atoms with E-state index in [1.807, 2.05) is 6.92 Å². The lowest BCUT2D eigenvalue weighted by molar-refractivity contribution is 0.122. The molecule has 2 N–H and O–H groups in total. The lowest BCUT2D eigenvalue weighted by Crippen LogP contribution is -2.48. The average molecular weight is 273 g/mol. The third-order valence-corrected chi connectivity index (χ3v) is 3.89. The van der Waals surface area contributed by atoms with Gasteiger partial charge in [-0.05, 0) is 38.2 Å². The molecule has 6 heteroatoms. The van der Waals surface area contributed by atoms with Gasteiger partial charge in [0.25, 0.3) is 0 Å². The van der Waals surface area contributed by atoms with Gasteiger partial charge >= 0.3 is 0 Å². The summed E-state index contributed by atoms with van der Waals surface area (Å²) >= 11 is 0. The molecular formula is C12H19NO4S. The van der Waals surface area contributed by atoms with Crippen molar-refractivity contribution >= 4 is 9.84 Å². The maximum atomic E-state index is 11.3. The topological polar surface area (TPSA) is 75.6 Å². The number of aliphatic hydroxyl groups excluding tert-OH is 1. The monoisotopic (exact) mass is 273 g/mol. The number of hydrogen-bond donors (Lipinski definition) is 2. The Balaban J connectivity index is 2.71. The van der Waals surface area contributed by atoms with Crippen LogP contribution < -0.4 is 10.1 Å². The first-order valence-electron chi connectivity index (χ1n) is 5.53. The fraction of sp³-hybridized carbons (Fsp3) is 0.500. The van der Waals surface area contributed by atoms with E-state index in [0.29, 0.717) is 5.75 Å². The largest absolute Gasteiger partial charge is 0.492 e. The van der Waals surface area contributed by atoms with E-state index in [1.165, 1.54) is 12.1 Å². The first-order chi connectivity index (χ1) is 8.30. The predicted molar refractivity (Wildman–Crippen MR) is 69.6 cm³/mol. The first kappa shape index (κ1) is 14.9. The Labute approximate surface area is 108 Å². The van der Waals surface area contributed by atoms with E-state index in [0.717, 1.165) is 6.26 Å². The number of benzene rings is 1. The molecule has 0 aliphatic heterocycles. The minimum Gasteiger partial charge on any atom is -0.492 e. The molecule has 18 heavy (non-hydrogen) atoms. The molecule has 1 aromatic carbocycles. The fourth-order valence-electron chi connectivity index (χ4n) is 1.22. The standard InChI is InChI=1S/C12H19NO4S/c1-12(8-14,13-2)9-17-10-4-6-11(7-5-10)18(3,15)16/h4-7,13-14H,8-9H2,1-3H3. The number of ether oxygens (including phenoxy) is 1. The molecule has 0 amide bonds. The van der Waals surface area contributed by atoms with Crippen LogP contribution in [0.4, 0.5) is 0 Å². The number of sulfone groups is 1. The Hall–Kier alpha value is -1.11. The van der Waals surface area contributed by atoms with Crippen LogP contribution in [0.1, 0.15) is 6.92 Å². The summed E-state index contributed by atoms with van der Waals surface area (Å²) in [7, 11) is -1.44. The third kappa shape index (κ3) is 3.97. The van der Waals surface area contributed by atoms with Crippen LogP contribution in [0.15, 0.2) is 29.2 Å². The highest BCUT2D eigenvalue weighted by atomic mass is 32.2. The molecule has 0 heterocycles. The van der Waals surface area contributed by atoms with Gasteiger partial charge in [0.15, 0.2) is 9.84 Å². The quantitative estimate of drug-likeness (QED) is 0.786. The molecule has 1 rings (SSSR count). The van der Waals surface area contributed by atoms with E-state index >= 15 is 0 Å². The maximum Gasteiger partial charge on any atom is 0.175 e. The molecule has 102 valence electrons. The molecule has 0 aromatic heterocycles. The molecule has 1 atom stereocenters. The molecule has 1 aromatic rings. The zero-order chi connectivity index (χ0) is 13.8. The Bertz CT molecular complexity index is 477. The normalized spacial score (nSPS) is 15.1. The molecule has 5 nitrogen and oxygen atoms in total. The Morgan fingerprint density at radius 2 is 1.89 bits per heavy atom. The summed E-state index contributed by atoms with van der Waals surface area (Å²) in [5.74, 6) is 0.567. The van der Waals surface area contributed by atoms with Crippen molar-refractivity contribution in [3.63, 3.8) is 0 Å². The molecular weight excluding hydrogens is 254 g/mol. The van der Waals surface area contributed by atoms with Crippen LogP contribution in [0.3, 0.4) is 0 Å². The lowest BCUT2D eigenvalue weighted by Gasteiger charge is -2.26. The van der Waals surface area contributed by atoms with Gasteiger partial charge in [-0.15, -0.1) is 0 Å². The van der Waals surface area contributed by atoms with Gasteiger partial charge in [0.1, 0.15) is 12.4 Å². The summed E-state index contributed by atoms with van der Waals surface area (Å²) < 4.78 is 28.0. The molecule has 0 radical (unpaired) electrons. The summed E-state index contributed by atoms with van der Waals surface area (Å²) in [6, 6.07) is 6.20. The molecule has 0 saturated heterocycles. The van der Waals surface area contributed by atoms with Crippen LogP contribution >= 0.6 is 0 Å². The van der Waals surface area contributed by atoms with Crippen molar-refractivity contribution in [1.29, 1.82) is 0 Å². The Morgan fingerprint density at radius 3 is 2.28 bits per heavy atom. The average Bonchev–Trinajstić information content (AvgIpc) is 2.35. The van der Waals surface area contributed by atoms with Gasteiger partial charge < -0.3 is 15.2 Å². The Morgan fingerprint density at radius 1 is 1.33 bits per heavy atom. The highest BCUT2D eigenvalue weighted by Crippen LogP contribution is 2.17. The maximum absolute atomic E-state index is 11.3. The lowest BCUT2D eigenvalue weighted by atomic mass is 10.1. The zero-order valence-corrected chi connectivity index (χ0v) is 11.6. The second-order valence-corrected chi connectivity index (χ2v) is 6.52. The molecule has 0 aliphatic rings. The van der Waals surface area contributed by atoms with Crippen molar-refractivity contribution in [2.24, 2.45) is 0 Å². The van der Waals surface area contributed by atoms with E-state index in [1.54, 1.807) is 19.2 Å². The molecule has 0 fully saturated rings. The van der Waals surface area contributed by atoms with E-state index in [2.05, 4.69) is 5.32 Å². The number of likely N-dealkylation sites (N-methyl/N-ethyl adjacent to an activating group) is 1. The van der Waals surface area contributed by atoms with Crippen molar-refractivity contribution in [3.05, 3.63) is 24.3 Å². The van der Waals surface area contributed by atoms with Crippen molar-refractivity contribution < 1.29 is 18.3 Å². The van der Waals surface area contributed by atoms with Gasteiger partial charge in [-0.1, -0.05) is 0 Å². The predicted octanol–water partition coefficient (Wildman–Crippen LogP) is 0.439. The number of hydrogen-bond acceptors (Lipinski definition) is 5. The van der Waals surface area contributed by atoms with Gasteiger partial charge in [-0.3, -0.25) is 0 Å². The molecule has 0 bridgehead atoms. The second kappa shape index (κ2) is 5.69. The van der Waals surface area contributed by atoms with Gasteiger partial charge in [0.2, 0.25) is 0 Å². The minimum atomic E-state index is -3.18. The highest BCUT2D eigenvalue weighted by molar-refractivity contribution is 7.90. The second-order valence-electron chi connectivity index (χ2n) is 4.50. The SMILES string of the molecule is CNC(C)(CO)COc1ccc(S(C)(=O)=O)cc1. The van der Waals surface area contributed by atoms with Crippen LogP contribution in [0.2, 0.25) is 0 Å². The van der Waals surface area contributed by atoms with Crippen LogP contribution in [-0.2, 0) is 9.84 Å². The summed E-state index contributed by atoms with van der Waals surface area (Å²) in [4.78, 5) is 0.258. The summed E-state index contributed by atoms with van der Waals surface area (Å²) in [6.07, 6.45) is 1.16. The van der Waals surface area contributed by atoms with Crippen LogP contribution in [0, 0.1) is 0 Å². The summed E-state index contributed by atoms with van der Waals surface area (Å²) in [5.41, 5.74) is -0.518. The molecule has 0 aliphatic carbocycles. The van der Waals surface area contributed by atoms with Crippen molar-refractivity contribution in [2.75, 3.05) is 26.5 Å². The third-order valence-electron chi connectivity index (χ3n) is 2.76. The minimum absolute atomic E-state index is 0.0507. The number of nitrogens with one attached hydrogen (secondary N) is 1. The van der Waals surface area contributed by atoms with Crippen LogP contribution in [0.25, 0.3) is 0 Å². The van der Waals surface area contributed by atoms with E-state index in [-0.39, 0.29) is 18.1 Å². The van der Waals surface area contributed by atoms with Crippen LogP contribution in [-0.4, -0.2) is 45.6 Å². The highest BCUT2D eigenvalue weighted by Gasteiger charge is 2.21. The van der Waals surface area contributed by atoms with E-state index < -0.39 is 15.4 Å².